The number of aromatic carboxylic acids is 1. The summed E-state index contributed by atoms with van der Waals surface area (Å²) in [4.78, 5) is 18.9. The highest BCUT2D eigenvalue weighted by Gasteiger charge is 2.32. The zero-order chi connectivity index (χ0) is 19.8. The van der Waals surface area contributed by atoms with Crippen LogP contribution in [0.2, 0.25) is 0 Å². The summed E-state index contributed by atoms with van der Waals surface area (Å²) >= 11 is 0. The topological polar surface area (TPSA) is 63.1 Å². The van der Waals surface area contributed by atoms with Crippen LogP contribution in [0.25, 0.3) is 22.6 Å². The van der Waals surface area contributed by atoms with E-state index in [1.807, 2.05) is 0 Å². The SMILES string of the molecule is O=C(O)c1ccnc(-c2cc(C(F)(F)F)cc(-c3ccc(F)cc3F)n2)c1. The number of benzene rings is 1. The lowest BCUT2D eigenvalue weighted by molar-refractivity contribution is -0.137. The van der Waals surface area contributed by atoms with Gasteiger partial charge in [-0.25, -0.2) is 18.6 Å². The summed E-state index contributed by atoms with van der Waals surface area (Å²) in [5.74, 6) is -3.27. The highest BCUT2D eigenvalue weighted by atomic mass is 19.4. The number of aromatic nitrogens is 2. The molecule has 138 valence electrons. The number of alkyl halides is 3. The fourth-order valence-corrected chi connectivity index (χ4v) is 2.36. The average Bonchev–Trinajstić information content (AvgIpc) is 2.60. The van der Waals surface area contributed by atoms with Crippen LogP contribution in [-0.4, -0.2) is 21.0 Å². The molecule has 0 saturated carbocycles. The first-order valence-electron chi connectivity index (χ1n) is 7.39. The molecule has 4 nitrogen and oxygen atoms in total. The fraction of sp³-hybridized carbons (Fsp3) is 0.0556. The van der Waals surface area contributed by atoms with Crippen LogP contribution < -0.4 is 0 Å². The molecular formula is C18H9F5N2O2. The number of halogens is 5. The maximum Gasteiger partial charge on any atom is 0.416 e. The quantitative estimate of drug-likeness (QED) is 0.663. The molecule has 1 N–H and O–H groups in total. The van der Waals surface area contributed by atoms with Crippen molar-refractivity contribution in [3.63, 3.8) is 0 Å². The number of hydrogen-bond donors (Lipinski definition) is 1. The van der Waals surface area contributed by atoms with Crippen LogP contribution in [0.4, 0.5) is 22.0 Å². The Bertz CT molecular complexity index is 1030. The molecule has 0 aliphatic heterocycles. The molecule has 27 heavy (non-hydrogen) atoms. The van der Waals surface area contributed by atoms with Crippen molar-refractivity contribution in [3.05, 3.63) is 71.4 Å². The molecule has 0 unspecified atom stereocenters. The lowest BCUT2D eigenvalue weighted by Gasteiger charge is -2.12. The van der Waals surface area contributed by atoms with E-state index >= 15 is 0 Å². The third-order valence-electron chi connectivity index (χ3n) is 3.63. The van der Waals surface area contributed by atoms with E-state index in [1.54, 1.807) is 0 Å². The Morgan fingerprint density at radius 3 is 2.26 bits per heavy atom. The van der Waals surface area contributed by atoms with Crippen molar-refractivity contribution < 1.29 is 31.9 Å². The van der Waals surface area contributed by atoms with Crippen molar-refractivity contribution in [1.82, 2.24) is 9.97 Å². The number of pyridine rings is 2. The van der Waals surface area contributed by atoms with Crippen molar-refractivity contribution in [3.8, 4) is 22.6 Å². The van der Waals surface area contributed by atoms with Crippen molar-refractivity contribution in [2.75, 3.05) is 0 Å². The van der Waals surface area contributed by atoms with Crippen LogP contribution in [0.3, 0.4) is 0 Å². The molecule has 0 atom stereocenters. The molecule has 9 heteroatoms. The molecule has 2 heterocycles. The van der Waals surface area contributed by atoms with E-state index in [0.29, 0.717) is 18.2 Å². The average molecular weight is 380 g/mol. The highest BCUT2D eigenvalue weighted by Crippen LogP contribution is 2.35. The van der Waals surface area contributed by atoms with Gasteiger partial charge in [-0.1, -0.05) is 0 Å². The molecule has 0 spiro atoms. The van der Waals surface area contributed by atoms with Gasteiger partial charge in [0.1, 0.15) is 11.6 Å². The minimum absolute atomic E-state index is 0.134. The third kappa shape index (κ3) is 3.91. The van der Waals surface area contributed by atoms with Crippen molar-refractivity contribution in [2.45, 2.75) is 6.18 Å². The van der Waals surface area contributed by atoms with Gasteiger partial charge in [-0.2, -0.15) is 13.2 Å². The number of rotatable bonds is 3. The molecule has 3 rings (SSSR count). The molecule has 2 aromatic heterocycles. The lowest BCUT2D eigenvalue weighted by atomic mass is 10.1. The summed E-state index contributed by atoms with van der Waals surface area (Å²) < 4.78 is 66.9. The van der Waals surface area contributed by atoms with E-state index in [0.717, 1.165) is 24.4 Å². The largest absolute Gasteiger partial charge is 0.478 e. The molecular weight excluding hydrogens is 371 g/mol. The first-order valence-corrected chi connectivity index (χ1v) is 7.39. The first kappa shape index (κ1) is 18.4. The zero-order valence-electron chi connectivity index (χ0n) is 13.3. The lowest BCUT2D eigenvalue weighted by Crippen LogP contribution is -2.07. The predicted molar refractivity (Wildman–Crippen MR) is 84.8 cm³/mol. The maximum absolute atomic E-state index is 14.0. The van der Waals surface area contributed by atoms with E-state index in [2.05, 4.69) is 9.97 Å². The molecule has 0 bridgehead atoms. The molecule has 0 aliphatic rings. The molecule has 0 amide bonds. The third-order valence-corrected chi connectivity index (χ3v) is 3.63. The maximum atomic E-state index is 14.0. The van der Waals surface area contributed by atoms with Crippen molar-refractivity contribution in [2.24, 2.45) is 0 Å². The standard InChI is InChI=1S/C18H9F5N2O2/c19-11-1-2-12(13(20)8-11)14-6-10(18(21,22)23)7-16(25-14)15-5-9(17(26)27)3-4-24-15/h1-8H,(H,26,27). The van der Waals surface area contributed by atoms with Crippen LogP contribution in [0.5, 0.6) is 0 Å². The first-order chi connectivity index (χ1) is 12.6. The van der Waals surface area contributed by atoms with Gasteiger partial charge < -0.3 is 5.11 Å². The van der Waals surface area contributed by atoms with Crippen molar-refractivity contribution in [1.29, 1.82) is 0 Å². The van der Waals surface area contributed by atoms with Gasteiger partial charge in [0, 0.05) is 17.8 Å². The van der Waals surface area contributed by atoms with Gasteiger partial charge in [-0.3, -0.25) is 4.98 Å². The van der Waals surface area contributed by atoms with Crippen LogP contribution >= 0.6 is 0 Å². The summed E-state index contributed by atoms with van der Waals surface area (Å²) in [6.45, 7) is 0. The molecule has 1 aromatic carbocycles. The molecule has 0 aliphatic carbocycles. The van der Waals surface area contributed by atoms with Gasteiger partial charge in [0.05, 0.1) is 28.2 Å². The van der Waals surface area contributed by atoms with Crippen LogP contribution in [-0.2, 0) is 6.18 Å². The minimum Gasteiger partial charge on any atom is -0.478 e. The summed E-state index contributed by atoms with van der Waals surface area (Å²) in [7, 11) is 0. The van der Waals surface area contributed by atoms with Gasteiger partial charge in [-0.15, -0.1) is 0 Å². The van der Waals surface area contributed by atoms with Crippen molar-refractivity contribution >= 4 is 5.97 Å². The summed E-state index contributed by atoms with van der Waals surface area (Å²) in [5, 5.41) is 9.02. The summed E-state index contributed by atoms with van der Waals surface area (Å²) in [6, 6.07) is 5.91. The Morgan fingerprint density at radius 2 is 1.63 bits per heavy atom. The Balaban J connectivity index is 2.23. The normalized spacial score (nSPS) is 11.4. The van der Waals surface area contributed by atoms with Gasteiger partial charge in [0.25, 0.3) is 0 Å². The number of carboxylic acid groups (broad SMARTS) is 1. The Morgan fingerprint density at radius 1 is 0.926 bits per heavy atom. The second kappa shape index (κ2) is 6.75. The second-order valence-electron chi connectivity index (χ2n) is 5.48. The van der Waals surface area contributed by atoms with Crippen LogP contribution in [0.15, 0.2) is 48.7 Å². The van der Waals surface area contributed by atoms with Gasteiger partial charge >= 0.3 is 12.1 Å². The Labute approximate surface area is 148 Å². The van der Waals surface area contributed by atoms with Crippen LogP contribution in [0.1, 0.15) is 15.9 Å². The number of carbonyl (C=O) groups is 1. The number of hydrogen-bond acceptors (Lipinski definition) is 3. The van der Waals surface area contributed by atoms with Gasteiger partial charge in [0.15, 0.2) is 0 Å². The highest BCUT2D eigenvalue weighted by molar-refractivity contribution is 5.88. The monoisotopic (exact) mass is 380 g/mol. The zero-order valence-corrected chi connectivity index (χ0v) is 13.3. The van der Waals surface area contributed by atoms with E-state index in [9.17, 15) is 26.7 Å². The minimum atomic E-state index is -4.77. The molecule has 3 aromatic rings. The smallest absolute Gasteiger partial charge is 0.416 e. The van der Waals surface area contributed by atoms with E-state index in [-0.39, 0.29) is 28.2 Å². The van der Waals surface area contributed by atoms with E-state index in [1.165, 1.54) is 6.07 Å². The molecule has 0 radical (unpaired) electrons. The predicted octanol–water partition coefficient (Wildman–Crippen LogP) is 4.81. The number of carboxylic acids is 1. The van der Waals surface area contributed by atoms with E-state index in [4.69, 9.17) is 5.11 Å². The van der Waals surface area contributed by atoms with Gasteiger partial charge in [0.2, 0.25) is 0 Å². The van der Waals surface area contributed by atoms with Crippen LogP contribution in [0, 0.1) is 11.6 Å². The fourth-order valence-electron chi connectivity index (χ4n) is 2.36. The summed E-state index contributed by atoms with van der Waals surface area (Å²) in [5.41, 5.74) is -2.49. The Kier molecular flexibility index (Phi) is 4.61. The number of nitrogens with zero attached hydrogens (tertiary/aromatic N) is 2. The second-order valence-corrected chi connectivity index (χ2v) is 5.48. The Hall–Kier alpha value is -3.36. The molecule has 0 saturated heterocycles. The van der Waals surface area contributed by atoms with Gasteiger partial charge in [-0.05, 0) is 36.4 Å². The molecule has 0 fully saturated rings. The van der Waals surface area contributed by atoms with E-state index < -0.39 is 29.3 Å². The summed E-state index contributed by atoms with van der Waals surface area (Å²) in [6.07, 6.45) is -3.66.